The summed E-state index contributed by atoms with van der Waals surface area (Å²) in [6.07, 6.45) is -3.74. The Bertz CT molecular complexity index is 1100. The van der Waals surface area contributed by atoms with Gasteiger partial charge in [0.05, 0.1) is 10.4 Å². The second kappa shape index (κ2) is 8.73. The van der Waals surface area contributed by atoms with Gasteiger partial charge in [-0.05, 0) is 36.2 Å². The van der Waals surface area contributed by atoms with Crippen LogP contribution in [-0.2, 0) is 22.6 Å². The largest absolute Gasteiger partial charge is 0.433 e. The van der Waals surface area contributed by atoms with Crippen LogP contribution >= 0.6 is 11.8 Å². The number of aromatic nitrogens is 1. The number of alkyl halides is 3. The van der Waals surface area contributed by atoms with Crippen LogP contribution in [0.1, 0.15) is 18.2 Å². The molecule has 0 aliphatic rings. The fourth-order valence-electron chi connectivity index (χ4n) is 2.73. The van der Waals surface area contributed by atoms with Gasteiger partial charge in [-0.15, -0.1) is 11.8 Å². The van der Waals surface area contributed by atoms with E-state index in [1.54, 1.807) is 42.5 Å². The molecular formula is C20H19F3N2O2S2. The number of hydrogen-bond donors (Lipinski definition) is 1. The molecule has 3 rings (SSSR count). The third-order valence-corrected chi connectivity index (χ3v) is 6.80. The molecule has 0 radical (unpaired) electrons. The predicted octanol–water partition coefficient (Wildman–Crippen LogP) is 4.89. The molecule has 0 spiro atoms. The maximum Gasteiger partial charge on any atom is 0.433 e. The van der Waals surface area contributed by atoms with E-state index in [0.29, 0.717) is 10.3 Å². The first kappa shape index (κ1) is 21.6. The highest BCUT2D eigenvalue weighted by molar-refractivity contribution is 7.99. The smallest absolute Gasteiger partial charge is 0.243 e. The maximum atomic E-state index is 13.1. The molecule has 3 aromatic rings. The van der Waals surface area contributed by atoms with Gasteiger partial charge in [-0.2, -0.15) is 13.2 Å². The number of aryl methyl sites for hydroxylation is 1. The van der Waals surface area contributed by atoms with E-state index < -0.39 is 21.9 Å². The van der Waals surface area contributed by atoms with Gasteiger partial charge in [0, 0.05) is 22.6 Å². The zero-order valence-corrected chi connectivity index (χ0v) is 17.2. The lowest BCUT2D eigenvalue weighted by Crippen LogP contribution is -2.26. The normalized spacial score (nSPS) is 12.4. The van der Waals surface area contributed by atoms with Crippen molar-refractivity contribution in [2.45, 2.75) is 29.3 Å². The molecule has 9 heteroatoms. The zero-order chi connectivity index (χ0) is 21.1. The summed E-state index contributed by atoms with van der Waals surface area (Å²) in [7, 11) is -3.67. The van der Waals surface area contributed by atoms with Gasteiger partial charge < -0.3 is 0 Å². The van der Waals surface area contributed by atoms with Crippen molar-refractivity contribution in [3.05, 3.63) is 65.9 Å². The van der Waals surface area contributed by atoms with E-state index in [4.69, 9.17) is 0 Å². The Hall–Kier alpha value is -2.10. The van der Waals surface area contributed by atoms with Crippen molar-refractivity contribution in [1.29, 1.82) is 0 Å². The number of sulfonamides is 1. The van der Waals surface area contributed by atoms with Crippen LogP contribution in [0.2, 0.25) is 0 Å². The van der Waals surface area contributed by atoms with Crippen molar-refractivity contribution in [1.82, 2.24) is 9.71 Å². The van der Waals surface area contributed by atoms with E-state index in [1.807, 2.05) is 6.92 Å². The number of para-hydroxylation sites is 1. The standard InChI is InChI=1S/C20H19F3N2O2S2/c1-2-14-7-9-15(10-8-14)29(26,27)24-11-12-28-18-13-19(20(21,22)23)25-17-6-4-3-5-16(17)18/h3-10,13,24H,2,11-12H2,1H3. The van der Waals surface area contributed by atoms with Crippen LogP contribution < -0.4 is 4.72 Å². The minimum absolute atomic E-state index is 0.0839. The summed E-state index contributed by atoms with van der Waals surface area (Å²) in [6.45, 7) is 2.06. The van der Waals surface area contributed by atoms with Gasteiger partial charge in [-0.1, -0.05) is 37.3 Å². The summed E-state index contributed by atoms with van der Waals surface area (Å²) in [5.41, 5.74) is 0.321. The molecule has 1 N–H and O–H groups in total. The molecule has 0 fully saturated rings. The topological polar surface area (TPSA) is 59.1 Å². The number of thioether (sulfide) groups is 1. The number of fused-ring (bicyclic) bond motifs is 1. The SMILES string of the molecule is CCc1ccc(S(=O)(=O)NCCSc2cc(C(F)(F)F)nc3ccccc23)cc1. The molecular weight excluding hydrogens is 421 g/mol. The van der Waals surface area contributed by atoms with Gasteiger partial charge in [-0.3, -0.25) is 0 Å². The second-order valence-corrected chi connectivity index (χ2v) is 9.17. The number of halogens is 3. The molecule has 0 bridgehead atoms. The average Bonchev–Trinajstić information content (AvgIpc) is 2.70. The number of hydrogen-bond acceptors (Lipinski definition) is 4. The van der Waals surface area contributed by atoms with Crippen molar-refractivity contribution >= 4 is 32.7 Å². The van der Waals surface area contributed by atoms with Crippen LogP contribution in [0.3, 0.4) is 0 Å². The molecule has 29 heavy (non-hydrogen) atoms. The van der Waals surface area contributed by atoms with Crippen LogP contribution in [-0.4, -0.2) is 25.7 Å². The van der Waals surface area contributed by atoms with Gasteiger partial charge in [0.2, 0.25) is 10.0 Å². The quantitative estimate of drug-likeness (QED) is 0.420. The molecule has 0 saturated heterocycles. The van der Waals surface area contributed by atoms with Crippen LogP contribution in [0, 0.1) is 0 Å². The van der Waals surface area contributed by atoms with E-state index in [2.05, 4.69) is 9.71 Å². The monoisotopic (exact) mass is 440 g/mol. The molecule has 0 amide bonds. The highest BCUT2D eigenvalue weighted by Crippen LogP contribution is 2.34. The zero-order valence-electron chi connectivity index (χ0n) is 15.5. The van der Waals surface area contributed by atoms with Crippen molar-refractivity contribution in [2.75, 3.05) is 12.3 Å². The summed E-state index contributed by atoms with van der Waals surface area (Å²) in [4.78, 5) is 4.25. The summed E-state index contributed by atoms with van der Waals surface area (Å²) >= 11 is 1.16. The predicted molar refractivity (Wildman–Crippen MR) is 108 cm³/mol. The van der Waals surface area contributed by atoms with Gasteiger partial charge in [-0.25, -0.2) is 18.1 Å². The lowest BCUT2D eigenvalue weighted by Gasteiger charge is -2.12. The fourth-order valence-corrected chi connectivity index (χ4v) is 4.84. The Morgan fingerprint density at radius 1 is 1.07 bits per heavy atom. The maximum absolute atomic E-state index is 13.1. The molecule has 0 saturated carbocycles. The Balaban J connectivity index is 1.70. The Morgan fingerprint density at radius 2 is 1.76 bits per heavy atom. The van der Waals surface area contributed by atoms with Gasteiger partial charge >= 0.3 is 6.18 Å². The molecule has 2 aromatic carbocycles. The second-order valence-electron chi connectivity index (χ2n) is 6.26. The first-order valence-corrected chi connectivity index (χ1v) is 11.4. The lowest BCUT2D eigenvalue weighted by molar-refractivity contribution is -0.141. The molecule has 4 nitrogen and oxygen atoms in total. The van der Waals surface area contributed by atoms with Crippen LogP contribution in [0.5, 0.6) is 0 Å². The van der Waals surface area contributed by atoms with Crippen LogP contribution in [0.15, 0.2) is 64.4 Å². The molecule has 0 atom stereocenters. The van der Waals surface area contributed by atoms with E-state index in [1.165, 1.54) is 6.07 Å². The molecule has 154 valence electrons. The highest BCUT2D eigenvalue weighted by atomic mass is 32.2. The van der Waals surface area contributed by atoms with Crippen LogP contribution in [0.4, 0.5) is 13.2 Å². The Kier molecular flexibility index (Phi) is 6.50. The summed E-state index contributed by atoms with van der Waals surface area (Å²) in [5.74, 6) is 0.275. The number of pyridine rings is 1. The highest BCUT2D eigenvalue weighted by Gasteiger charge is 2.33. The number of nitrogens with one attached hydrogen (secondary N) is 1. The summed E-state index contributed by atoms with van der Waals surface area (Å²) in [5, 5.41) is 0.600. The Morgan fingerprint density at radius 3 is 2.41 bits per heavy atom. The van der Waals surface area contributed by atoms with E-state index in [-0.39, 0.29) is 22.7 Å². The molecule has 1 aromatic heterocycles. The van der Waals surface area contributed by atoms with Crippen molar-refractivity contribution in [3.8, 4) is 0 Å². The summed E-state index contributed by atoms with van der Waals surface area (Å²) < 4.78 is 66.6. The average molecular weight is 441 g/mol. The molecule has 0 unspecified atom stereocenters. The first-order chi connectivity index (χ1) is 13.7. The minimum Gasteiger partial charge on any atom is -0.243 e. The Labute approximate surface area is 171 Å². The van der Waals surface area contributed by atoms with Gasteiger partial charge in [0.25, 0.3) is 0 Å². The lowest BCUT2D eigenvalue weighted by atomic mass is 10.2. The number of rotatable bonds is 7. The number of benzene rings is 2. The summed E-state index contributed by atoms with van der Waals surface area (Å²) in [6, 6.07) is 14.2. The molecule has 0 aliphatic heterocycles. The van der Waals surface area contributed by atoms with E-state index in [9.17, 15) is 21.6 Å². The van der Waals surface area contributed by atoms with Gasteiger partial charge in [0.1, 0.15) is 5.69 Å². The fraction of sp³-hybridized carbons (Fsp3) is 0.250. The third kappa shape index (κ3) is 5.29. The first-order valence-electron chi connectivity index (χ1n) is 8.89. The molecule has 1 heterocycles. The van der Waals surface area contributed by atoms with Gasteiger partial charge in [0.15, 0.2) is 0 Å². The van der Waals surface area contributed by atoms with Crippen molar-refractivity contribution < 1.29 is 21.6 Å². The van der Waals surface area contributed by atoms with Crippen molar-refractivity contribution in [2.24, 2.45) is 0 Å². The van der Waals surface area contributed by atoms with E-state index >= 15 is 0 Å². The number of nitrogens with zero attached hydrogens (tertiary/aromatic N) is 1. The van der Waals surface area contributed by atoms with Crippen molar-refractivity contribution in [3.63, 3.8) is 0 Å². The third-order valence-electron chi connectivity index (χ3n) is 4.26. The van der Waals surface area contributed by atoms with E-state index in [0.717, 1.165) is 29.8 Å². The molecule has 0 aliphatic carbocycles. The minimum atomic E-state index is -4.55. The van der Waals surface area contributed by atoms with Crippen LogP contribution in [0.25, 0.3) is 10.9 Å².